The molecule has 0 unspecified atom stereocenters. The van der Waals surface area contributed by atoms with Crippen LogP contribution in [0.2, 0.25) is 0 Å². The smallest absolute Gasteiger partial charge is 0.322 e. The Balaban J connectivity index is 1.33. The van der Waals surface area contributed by atoms with Crippen LogP contribution in [0.5, 0.6) is 0 Å². The molecule has 148 valence electrons. The summed E-state index contributed by atoms with van der Waals surface area (Å²) in [6, 6.07) is 9.76. The van der Waals surface area contributed by atoms with Gasteiger partial charge in [0.2, 0.25) is 5.91 Å². The van der Waals surface area contributed by atoms with Gasteiger partial charge in [0.05, 0.1) is 25.7 Å². The molecule has 3 amide bonds. The van der Waals surface area contributed by atoms with Gasteiger partial charge in [-0.05, 0) is 52.9 Å². The molecule has 2 aromatic rings. The van der Waals surface area contributed by atoms with Gasteiger partial charge in [0.25, 0.3) is 0 Å². The predicted molar refractivity (Wildman–Crippen MR) is 110 cm³/mol. The quantitative estimate of drug-likeness (QED) is 0.856. The van der Waals surface area contributed by atoms with Gasteiger partial charge in [-0.2, -0.15) is 11.3 Å². The number of rotatable bonds is 4. The number of anilines is 1. The lowest BCUT2D eigenvalue weighted by Gasteiger charge is -2.27. The van der Waals surface area contributed by atoms with Gasteiger partial charge in [-0.1, -0.05) is 12.1 Å². The number of morpholine rings is 1. The molecule has 1 aromatic carbocycles. The number of urea groups is 1. The molecule has 2 saturated heterocycles. The van der Waals surface area contributed by atoms with E-state index in [0.717, 1.165) is 30.6 Å². The first kappa shape index (κ1) is 19.0. The minimum Gasteiger partial charge on any atom is -0.378 e. The fraction of sp³-hybridized carbons (Fsp3) is 0.429. The van der Waals surface area contributed by atoms with Crippen LogP contribution in [0, 0.1) is 0 Å². The van der Waals surface area contributed by atoms with Crippen LogP contribution in [-0.4, -0.2) is 54.6 Å². The second kappa shape index (κ2) is 8.75. The predicted octanol–water partition coefficient (Wildman–Crippen LogP) is 3.52. The van der Waals surface area contributed by atoms with E-state index in [4.69, 9.17) is 4.74 Å². The van der Waals surface area contributed by atoms with Crippen molar-refractivity contribution < 1.29 is 14.3 Å². The van der Waals surface area contributed by atoms with Crippen molar-refractivity contribution in [1.29, 1.82) is 0 Å². The van der Waals surface area contributed by atoms with Crippen molar-refractivity contribution in [2.75, 3.05) is 38.2 Å². The van der Waals surface area contributed by atoms with Crippen molar-refractivity contribution >= 4 is 29.0 Å². The largest absolute Gasteiger partial charge is 0.378 e. The Labute approximate surface area is 169 Å². The molecular weight excluding hydrogens is 374 g/mol. The summed E-state index contributed by atoms with van der Waals surface area (Å²) < 4.78 is 5.29. The summed E-state index contributed by atoms with van der Waals surface area (Å²) in [6.45, 7) is 3.32. The number of nitrogens with one attached hydrogen (secondary N) is 1. The molecule has 0 bridgehead atoms. The normalized spacial score (nSPS) is 19.6. The molecule has 28 heavy (non-hydrogen) atoms. The van der Waals surface area contributed by atoms with E-state index in [2.05, 4.69) is 22.1 Å². The number of ether oxygens (including phenoxy) is 1. The number of carbonyl (C=O) groups is 2. The zero-order chi connectivity index (χ0) is 19.3. The highest BCUT2D eigenvalue weighted by atomic mass is 32.1. The maximum atomic E-state index is 12.7. The minimum atomic E-state index is -0.0640. The maximum Gasteiger partial charge on any atom is 0.322 e. The monoisotopic (exact) mass is 399 g/mol. The lowest BCUT2D eigenvalue weighted by molar-refractivity contribution is -0.134. The van der Waals surface area contributed by atoms with Crippen LogP contribution >= 0.6 is 11.3 Å². The Morgan fingerprint density at radius 3 is 2.61 bits per heavy atom. The zero-order valence-electron chi connectivity index (χ0n) is 15.8. The van der Waals surface area contributed by atoms with Crippen molar-refractivity contribution in [3.63, 3.8) is 0 Å². The number of amides is 3. The molecular formula is C21H25N3O3S. The average Bonchev–Trinajstić information content (AvgIpc) is 3.41. The van der Waals surface area contributed by atoms with Crippen LogP contribution in [0.15, 0.2) is 41.1 Å². The number of carbonyl (C=O) groups excluding carboxylic acids is 2. The standard InChI is InChI=1S/C21H25N3O3S/c25-20(23-9-11-27-12-10-23)14-16-3-5-18(6-4-16)22-21(26)24-8-1-2-19(24)17-7-13-28-15-17/h3-7,13,15,19H,1-2,8-12,14H2,(H,22,26)/t19-/m0/s1. The molecule has 1 atom stereocenters. The van der Waals surface area contributed by atoms with Gasteiger partial charge in [0.15, 0.2) is 0 Å². The highest BCUT2D eigenvalue weighted by Gasteiger charge is 2.30. The number of nitrogens with zero attached hydrogens (tertiary/aromatic N) is 2. The minimum absolute atomic E-state index is 0.0640. The summed E-state index contributed by atoms with van der Waals surface area (Å²) in [5.74, 6) is 0.121. The third kappa shape index (κ3) is 4.36. The highest BCUT2D eigenvalue weighted by Crippen LogP contribution is 2.33. The van der Waals surface area contributed by atoms with Gasteiger partial charge in [-0.25, -0.2) is 4.79 Å². The van der Waals surface area contributed by atoms with Crippen LogP contribution in [0.3, 0.4) is 0 Å². The molecule has 0 spiro atoms. The highest BCUT2D eigenvalue weighted by molar-refractivity contribution is 7.08. The summed E-state index contributed by atoms with van der Waals surface area (Å²) in [5, 5.41) is 7.18. The molecule has 4 rings (SSSR count). The SMILES string of the molecule is O=C(Cc1ccc(NC(=O)N2CCC[C@H]2c2ccsc2)cc1)N1CCOCC1. The van der Waals surface area contributed by atoms with Crippen molar-refractivity contribution in [1.82, 2.24) is 9.80 Å². The van der Waals surface area contributed by atoms with Crippen molar-refractivity contribution in [3.8, 4) is 0 Å². The Hall–Kier alpha value is -2.38. The molecule has 6 nitrogen and oxygen atoms in total. The van der Waals surface area contributed by atoms with Crippen molar-refractivity contribution in [2.24, 2.45) is 0 Å². The van der Waals surface area contributed by atoms with Crippen LogP contribution in [0.25, 0.3) is 0 Å². The van der Waals surface area contributed by atoms with Gasteiger partial charge >= 0.3 is 6.03 Å². The molecule has 3 heterocycles. The number of hydrogen-bond acceptors (Lipinski definition) is 4. The third-order valence-electron chi connectivity index (χ3n) is 5.37. The van der Waals surface area contributed by atoms with E-state index in [-0.39, 0.29) is 18.0 Å². The fourth-order valence-electron chi connectivity index (χ4n) is 3.82. The van der Waals surface area contributed by atoms with E-state index < -0.39 is 0 Å². The molecule has 0 saturated carbocycles. The van der Waals surface area contributed by atoms with E-state index in [1.807, 2.05) is 34.1 Å². The van der Waals surface area contributed by atoms with E-state index in [1.54, 1.807) is 11.3 Å². The second-order valence-electron chi connectivity index (χ2n) is 7.21. The van der Waals surface area contributed by atoms with Crippen LogP contribution in [0.4, 0.5) is 10.5 Å². The second-order valence-corrected chi connectivity index (χ2v) is 7.99. The Bertz CT molecular complexity index is 801. The Morgan fingerprint density at radius 2 is 1.89 bits per heavy atom. The lowest BCUT2D eigenvalue weighted by Crippen LogP contribution is -2.41. The molecule has 2 aliphatic heterocycles. The molecule has 0 radical (unpaired) electrons. The van der Waals surface area contributed by atoms with Gasteiger partial charge in [0.1, 0.15) is 0 Å². The Morgan fingerprint density at radius 1 is 1.11 bits per heavy atom. The summed E-state index contributed by atoms with van der Waals surface area (Å²) in [5.41, 5.74) is 2.92. The molecule has 7 heteroatoms. The van der Waals surface area contributed by atoms with Gasteiger partial charge in [-0.3, -0.25) is 4.79 Å². The van der Waals surface area contributed by atoms with Gasteiger partial charge < -0.3 is 19.9 Å². The molecule has 2 fully saturated rings. The van der Waals surface area contributed by atoms with Gasteiger partial charge in [-0.15, -0.1) is 0 Å². The van der Waals surface area contributed by atoms with E-state index in [9.17, 15) is 9.59 Å². The number of likely N-dealkylation sites (tertiary alicyclic amines) is 1. The molecule has 1 N–H and O–H groups in total. The number of benzene rings is 1. The summed E-state index contributed by atoms with van der Waals surface area (Å²) in [4.78, 5) is 28.8. The first-order valence-corrected chi connectivity index (χ1v) is 10.7. The molecule has 1 aromatic heterocycles. The maximum absolute atomic E-state index is 12.7. The summed E-state index contributed by atoms with van der Waals surface area (Å²) in [7, 11) is 0. The first-order chi connectivity index (χ1) is 13.7. The average molecular weight is 400 g/mol. The topological polar surface area (TPSA) is 61.9 Å². The Kier molecular flexibility index (Phi) is 5.92. The summed E-state index contributed by atoms with van der Waals surface area (Å²) >= 11 is 1.66. The van der Waals surface area contributed by atoms with Gasteiger partial charge in [0, 0.05) is 25.3 Å². The number of hydrogen-bond donors (Lipinski definition) is 1. The number of thiophene rings is 1. The summed E-state index contributed by atoms with van der Waals surface area (Å²) in [6.07, 6.45) is 2.41. The van der Waals surface area contributed by atoms with E-state index >= 15 is 0 Å². The fourth-order valence-corrected chi connectivity index (χ4v) is 4.53. The third-order valence-corrected chi connectivity index (χ3v) is 6.07. The van der Waals surface area contributed by atoms with Crippen molar-refractivity contribution in [3.05, 3.63) is 52.2 Å². The molecule has 2 aliphatic rings. The molecule has 0 aliphatic carbocycles. The first-order valence-electron chi connectivity index (χ1n) is 9.75. The van der Waals surface area contributed by atoms with Crippen LogP contribution < -0.4 is 5.32 Å². The van der Waals surface area contributed by atoms with Crippen LogP contribution in [-0.2, 0) is 16.0 Å². The van der Waals surface area contributed by atoms with Crippen molar-refractivity contribution in [2.45, 2.75) is 25.3 Å². The van der Waals surface area contributed by atoms with E-state index in [1.165, 1.54) is 5.56 Å². The van der Waals surface area contributed by atoms with Crippen LogP contribution in [0.1, 0.15) is 30.0 Å². The zero-order valence-corrected chi connectivity index (χ0v) is 16.6. The lowest BCUT2D eigenvalue weighted by atomic mass is 10.1. The van der Waals surface area contributed by atoms with E-state index in [0.29, 0.717) is 32.7 Å².